The number of hydrogen-bond donors (Lipinski definition) is 2. The number of thioether (sulfide) groups is 1. The molecule has 2 heterocycles. The van der Waals surface area contributed by atoms with E-state index in [1.54, 1.807) is 12.1 Å². The first kappa shape index (κ1) is 19.4. The van der Waals surface area contributed by atoms with Gasteiger partial charge in [0.1, 0.15) is 11.1 Å². The van der Waals surface area contributed by atoms with Crippen LogP contribution >= 0.6 is 11.8 Å². The fourth-order valence-electron chi connectivity index (χ4n) is 3.29. The lowest BCUT2D eigenvalue weighted by Gasteiger charge is -2.33. The van der Waals surface area contributed by atoms with Gasteiger partial charge in [-0.25, -0.2) is 9.07 Å². The van der Waals surface area contributed by atoms with E-state index in [9.17, 15) is 9.18 Å². The van der Waals surface area contributed by atoms with E-state index in [1.807, 2.05) is 35.9 Å². The van der Waals surface area contributed by atoms with Crippen LogP contribution in [0.15, 0.2) is 53.7 Å². The number of aromatic nitrogens is 3. The molecular formula is C21H22FN5OS. The second-order valence-electron chi connectivity index (χ2n) is 6.82. The van der Waals surface area contributed by atoms with Gasteiger partial charge in [0.15, 0.2) is 5.82 Å². The van der Waals surface area contributed by atoms with Crippen molar-refractivity contribution in [1.82, 2.24) is 14.9 Å². The average Bonchev–Trinajstić information content (AvgIpc) is 3.16. The van der Waals surface area contributed by atoms with Gasteiger partial charge < -0.3 is 10.7 Å². The van der Waals surface area contributed by atoms with Gasteiger partial charge in [0.2, 0.25) is 11.1 Å². The Labute approximate surface area is 172 Å². The van der Waals surface area contributed by atoms with Crippen LogP contribution in [0.4, 0.5) is 10.1 Å². The number of rotatable bonds is 5. The smallest absolute Gasteiger partial charge is 0.240 e. The second-order valence-corrected chi connectivity index (χ2v) is 7.93. The molecule has 1 aliphatic heterocycles. The number of fused-ring (bicyclic) bond motifs is 1. The van der Waals surface area contributed by atoms with Crippen LogP contribution in [-0.2, 0) is 17.6 Å². The van der Waals surface area contributed by atoms with Crippen molar-refractivity contribution in [3.05, 3.63) is 71.3 Å². The molecule has 1 aliphatic rings. The Bertz CT molecular complexity index is 1000. The van der Waals surface area contributed by atoms with Crippen LogP contribution < -0.4 is 10.7 Å². The first-order chi connectivity index (χ1) is 14.1. The summed E-state index contributed by atoms with van der Waals surface area (Å²) >= 11 is 1.36. The number of carbonyl (C=O) groups is 1. The van der Waals surface area contributed by atoms with E-state index in [4.69, 9.17) is 0 Å². The number of nitrogens with one attached hydrogen (secondary N) is 2. The van der Waals surface area contributed by atoms with E-state index < -0.39 is 5.25 Å². The van der Waals surface area contributed by atoms with E-state index >= 15 is 0 Å². The van der Waals surface area contributed by atoms with E-state index in [1.165, 1.54) is 29.5 Å². The maximum Gasteiger partial charge on any atom is 0.240 e. The molecule has 0 fully saturated rings. The fourth-order valence-corrected chi connectivity index (χ4v) is 4.38. The third-order valence-corrected chi connectivity index (χ3v) is 6.15. The molecule has 1 aromatic heterocycles. The maximum absolute atomic E-state index is 13.4. The largest absolute Gasteiger partial charge is 0.325 e. The zero-order valence-corrected chi connectivity index (χ0v) is 17.0. The molecule has 3 aromatic rings. The van der Waals surface area contributed by atoms with Crippen LogP contribution in [0.5, 0.6) is 0 Å². The highest BCUT2D eigenvalue weighted by Gasteiger charge is 2.37. The van der Waals surface area contributed by atoms with Gasteiger partial charge in [-0.1, -0.05) is 49.9 Å². The van der Waals surface area contributed by atoms with Crippen molar-refractivity contribution in [2.75, 3.05) is 10.7 Å². The zero-order valence-electron chi connectivity index (χ0n) is 16.2. The molecule has 0 bridgehead atoms. The summed E-state index contributed by atoms with van der Waals surface area (Å²) in [7, 11) is 0. The van der Waals surface area contributed by atoms with E-state index in [0.717, 1.165) is 23.5 Å². The summed E-state index contributed by atoms with van der Waals surface area (Å²) < 4.78 is 15.3. The second kappa shape index (κ2) is 8.24. The number of nitrogens with zero attached hydrogens (tertiary/aromatic N) is 3. The molecule has 0 radical (unpaired) electrons. The van der Waals surface area contributed by atoms with Crippen molar-refractivity contribution in [2.24, 2.45) is 0 Å². The first-order valence-corrected chi connectivity index (χ1v) is 10.5. The monoisotopic (exact) mass is 411 g/mol. The number of carbonyl (C=O) groups excluding carboxylic acids is 1. The SMILES string of the molecule is CCc1ccc(NC(=O)[C@@H]2Sc3nnc(CC)n3N[C@@H]2c2ccc(F)cc2)cc1. The summed E-state index contributed by atoms with van der Waals surface area (Å²) in [5, 5.41) is 11.5. The molecule has 0 saturated heterocycles. The van der Waals surface area contributed by atoms with Gasteiger partial charge >= 0.3 is 0 Å². The van der Waals surface area contributed by atoms with Gasteiger partial charge in [-0.15, -0.1) is 10.2 Å². The van der Waals surface area contributed by atoms with Crippen LogP contribution in [0.3, 0.4) is 0 Å². The Hall–Kier alpha value is -2.87. The number of aryl methyl sites for hydroxylation is 2. The lowest BCUT2D eigenvalue weighted by molar-refractivity contribution is -0.116. The van der Waals surface area contributed by atoms with Crippen LogP contribution in [0.2, 0.25) is 0 Å². The summed E-state index contributed by atoms with van der Waals surface area (Å²) in [6.07, 6.45) is 1.65. The third-order valence-electron chi connectivity index (χ3n) is 4.94. The molecule has 2 atom stereocenters. The number of benzene rings is 2. The zero-order chi connectivity index (χ0) is 20.4. The maximum atomic E-state index is 13.4. The highest BCUT2D eigenvalue weighted by atomic mass is 32.2. The minimum Gasteiger partial charge on any atom is -0.325 e. The van der Waals surface area contributed by atoms with Gasteiger partial charge in [0, 0.05) is 12.1 Å². The summed E-state index contributed by atoms with van der Waals surface area (Å²) in [6.45, 7) is 4.08. The van der Waals surface area contributed by atoms with Crippen molar-refractivity contribution in [1.29, 1.82) is 0 Å². The standard InChI is InChI=1S/C21H22FN5OS/c1-3-13-5-11-16(12-6-13)23-20(28)19-18(14-7-9-15(22)10-8-14)26-27-17(4-2)24-25-21(27)29-19/h5-12,18-19,26H,3-4H2,1-2H3,(H,23,28)/t18-,19-/m1/s1. The van der Waals surface area contributed by atoms with Crippen LogP contribution in [0, 0.1) is 5.82 Å². The molecular weight excluding hydrogens is 389 g/mol. The first-order valence-electron chi connectivity index (χ1n) is 9.61. The Morgan fingerprint density at radius 2 is 1.83 bits per heavy atom. The number of anilines is 1. The molecule has 4 rings (SSSR count). The normalized spacial score (nSPS) is 18.0. The van der Waals surface area contributed by atoms with Crippen molar-refractivity contribution in [3.63, 3.8) is 0 Å². The minimum atomic E-state index is -0.493. The van der Waals surface area contributed by atoms with E-state index in [2.05, 4.69) is 27.9 Å². The fraction of sp³-hybridized carbons (Fsp3) is 0.286. The lowest BCUT2D eigenvalue weighted by atomic mass is 10.0. The molecule has 2 aromatic carbocycles. The number of hydrogen-bond acceptors (Lipinski definition) is 5. The molecule has 0 unspecified atom stereocenters. The van der Waals surface area contributed by atoms with Crippen molar-refractivity contribution in [2.45, 2.75) is 43.1 Å². The van der Waals surface area contributed by atoms with Crippen LogP contribution in [-0.4, -0.2) is 26.0 Å². The summed E-state index contributed by atoms with van der Waals surface area (Å²) in [5.41, 5.74) is 6.13. The highest BCUT2D eigenvalue weighted by molar-refractivity contribution is 8.00. The minimum absolute atomic E-state index is 0.145. The quantitative estimate of drug-likeness (QED) is 0.665. The molecule has 1 amide bonds. The van der Waals surface area contributed by atoms with Gasteiger partial charge in [0.25, 0.3) is 0 Å². The topological polar surface area (TPSA) is 71.8 Å². The van der Waals surface area contributed by atoms with E-state index in [0.29, 0.717) is 11.6 Å². The molecule has 6 nitrogen and oxygen atoms in total. The summed E-state index contributed by atoms with van der Waals surface area (Å²) in [4.78, 5) is 13.2. The molecule has 8 heteroatoms. The van der Waals surface area contributed by atoms with Crippen molar-refractivity contribution in [3.8, 4) is 0 Å². The molecule has 29 heavy (non-hydrogen) atoms. The van der Waals surface area contributed by atoms with Crippen LogP contribution in [0.25, 0.3) is 0 Å². The molecule has 150 valence electrons. The Morgan fingerprint density at radius 1 is 1.10 bits per heavy atom. The predicted octanol–water partition coefficient (Wildman–Crippen LogP) is 3.94. The number of amides is 1. The third kappa shape index (κ3) is 3.98. The van der Waals surface area contributed by atoms with Crippen molar-refractivity contribution >= 4 is 23.4 Å². The lowest BCUT2D eigenvalue weighted by Crippen LogP contribution is -2.41. The summed E-state index contributed by atoms with van der Waals surface area (Å²) in [5.74, 6) is 0.329. The Kier molecular flexibility index (Phi) is 5.53. The van der Waals surface area contributed by atoms with Gasteiger partial charge in [0.05, 0.1) is 6.04 Å². The molecule has 0 aliphatic carbocycles. The van der Waals surface area contributed by atoms with Crippen LogP contribution in [0.1, 0.15) is 36.8 Å². The van der Waals surface area contributed by atoms with Gasteiger partial charge in [-0.05, 0) is 41.8 Å². The van der Waals surface area contributed by atoms with E-state index in [-0.39, 0.29) is 17.8 Å². The predicted molar refractivity (Wildman–Crippen MR) is 112 cm³/mol. The summed E-state index contributed by atoms with van der Waals surface area (Å²) in [6, 6.07) is 13.7. The highest BCUT2D eigenvalue weighted by Crippen LogP contribution is 2.37. The Morgan fingerprint density at radius 3 is 2.48 bits per heavy atom. The number of halogens is 1. The van der Waals surface area contributed by atoms with Crippen molar-refractivity contribution < 1.29 is 9.18 Å². The Balaban J connectivity index is 1.63. The van der Waals surface area contributed by atoms with Gasteiger partial charge in [-0.2, -0.15) is 0 Å². The molecule has 0 saturated carbocycles. The molecule has 0 spiro atoms. The van der Waals surface area contributed by atoms with Gasteiger partial charge in [-0.3, -0.25) is 4.79 Å². The average molecular weight is 412 g/mol. The molecule has 2 N–H and O–H groups in total.